The Morgan fingerprint density at radius 1 is 1.03 bits per heavy atom. The molecule has 0 saturated heterocycles. The molecule has 0 aliphatic heterocycles. The number of rotatable bonds is 6. The largest absolute Gasteiger partial charge is 0.338 e. The van der Waals surface area contributed by atoms with Gasteiger partial charge in [0, 0.05) is 22.9 Å². The van der Waals surface area contributed by atoms with E-state index in [2.05, 4.69) is 20.8 Å². The Labute approximate surface area is 172 Å². The molecule has 0 saturated carbocycles. The van der Waals surface area contributed by atoms with Crippen molar-refractivity contribution in [1.82, 2.24) is 20.8 Å². The molecule has 3 rings (SSSR count). The third kappa shape index (κ3) is 5.51. The quantitative estimate of drug-likeness (QED) is 0.598. The Hall–Kier alpha value is -3.00. The minimum Gasteiger partial charge on any atom is -0.338 e. The smallest absolute Gasteiger partial charge is 0.321 e. The molecule has 0 fully saturated rings. The summed E-state index contributed by atoms with van der Waals surface area (Å²) in [6.45, 7) is 4.43. The van der Waals surface area contributed by atoms with E-state index in [-0.39, 0.29) is 11.6 Å². The van der Waals surface area contributed by atoms with Gasteiger partial charge in [-0.3, -0.25) is 10.1 Å². The maximum absolute atomic E-state index is 13.2. The van der Waals surface area contributed by atoms with Crippen LogP contribution < -0.4 is 10.6 Å². The molecular formula is C21H21FN4O2S. The summed E-state index contributed by atoms with van der Waals surface area (Å²) >= 11 is 1.21. The first kappa shape index (κ1) is 20.7. The number of thioether (sulfide) groups is 1. The van der Waals surface area contributed by atoms with E-state index < -0.39 is 11.9 Å². The van der Waals surface area contributed by atoms with E-state index >= 15 is 0 Å². The van der Waals surface area contributed by atoms with Crippen molar-refractivity contribution in [1.29, 1.82) is 0 Å². The fourth-order valence-corrected chi connectivity index (χ4v) is 3.42. The monoisotopic (exact) mass is 412 g/mol. The number of carbonyl (C=O) groups is 2. The van der Waals surface area contributed by atoms with Crippen LogP contribution in [0.15, 0.2) is 53.6 Å². The Balaban J connectivity index is 1.74. The fraction of sp³-hybridized carbons (Fsp3) is 0.238. The molecule has 29 heavy (non-hydrogen) atoms. The zero-order valence-electron chi connectivity index (χ0n) is 16.1. The van der Waals surface area contributed by atoms with Gasteiger partial charge in [0.05, 0.1) is 5.75 Å². The molecule has 2 aromatic carbocycles. The van der Waals surface area contributed by atoms with Crippen LogP contribution in [0.3, 0.4) is 0 Å². The van der Waals surface area contributed by atoms with Crippen molar-refractivity contribution < 1.29 is 14.0 Å². The number of amides is 3. The molecule has 0 unspecified atom stereocenters. The number of carbonyl (C=O) groups excluding carboxylic acids is 2. The van der Waals surface area contributed by atoms with Crippen LogP contribution in [0.4, 0.5) is 9.18 Å². The lowest BCUT2D eigenvalue weighted by Gasteiger charge is -2.10. The summed E-state index contributed by atoms with van der Waals surface area (Å²) in [6, 6.07) is 13.1. The third-order valence-electron chi connectivity index (χ3n) is 4.03. The number of fused-ring (bicyclic) bond motifs is 1. The maximum Gasteiger partial charge on any atom is 0.321 e. The van der Waals surface area contributed by atoms with Crippen molar-refractivity contribution in [3.05, 3.63) is 54.3 Å². The molecule has 3 amide bonds. The molecule has 3 aromatic rings. The summed E-state index contributed by atoms with van der Waals surface area (Å²) in [5.74, 6) is -0.401. The van der Waals surface area contributed by atoms with Gasteiger partial charge in [-0.1, -0.05) is 49.9 Å². The van der Waals surface area contributed by atoms with Crippen LogP contribution in [0, 0.1) is 11.7 Å². The summed E-state index contributed by atoms with van der Waals surface area (Å²) in [5.41, 5.74) is 1.40. The summed E-state index contributed by atoms with van der Waals surface area (Å²) in [5, 5.41) is 15.8. The number of aromatic nitrogens is 2. The van der Waals surface area contributed by atoms with Gasteiger partial charge in [0.2, 0.25) is 5.91 Å². The van der Waals surface area contributed by atoms with Gasteiger partial charge in [0.15, 0.2) is 0 Å². The Morgan fingerprint density at radius 2 is 1.72 bits per heavy atom. The lowest BCUT2D eigenvalue weighted by molar-refractivity contribution is -0.117. The van der Waals surface area contributed by atoms with Gasteiger partial charge in [-0.05, 0) is 30.2 Å². The summed E-state index contributed by atoms with van der Waals surface area (Å²) in [4.78, 5) is 23.8. The third-order valence-corrected chi connectivity index (χ3v) is 5.02. The molecule has 0 spiro atoms. The SMILES string of the molecule is CC(C)CNC(=O)NC(=O)CSc1nnc(-c2ccc(F)cc2)c2ccccc12. The number of imide groups is 1. The molecule has 1 heterocycles. The molecule has 1 aromatic heterocycles. The molecule has 0 radical (unpaired) electrons. The lowest BCUT2D eigenvalue weighted by atomic mass is 10.1. The van der Waals surface area contributed by atoms with E-state index in [4.69, 9.17) is 0 Å². The second-order valence-corrected chi connectivity index (χ2v) is 7.81. The number of nitrogens with zero attached hydrogens (tertiary/aromatic N) is 2. The second kappa shape index (κ2) is 9.47. The minimum absolute atomic E-state index is 0.0314. The van der Waals surface area contributed by atoms with E-state index in [0.717, 1.165) is 16.3 Å². The Morgan fingerprint density at radius 3 is 2.41 bits per heavy atom. The normalized spacial score (nSPS) is 10.9. The van der Waals surface area contributed by atoms with Crippen molar-refractivity contribution in [2.75, 3.05) is 12.3 Å². The van der Waals surface area contributed by atoms with Gasteiger partial charge < -0.3 is 5.32 Å². The highest BCUT2D eigenvalue weighted by Gasteiger charge is 2.14. The zero-order chi connectivity index (χ0) is 20.8. The van der Waals surface area contributed by atoms with Crippen LogP contribution in [-0.2, 0) is 4.79 Å². The van der Waals surface area contributed by atoms with E-state index in [1.165, 1.54) is 23.9 Å². The molecular weight excluding hydrogens is 391 g/mol. The second-order valence-electron chi connectivity index (χ2n) is 6.85. The van der Waals surface area contributed by atoms with Crippen LogP contribution in [0.1, 0.15) is 13.8 Å². The van der Waals surface area contributed by atoms with Crippen LogP contribution in [0.2, 0.25) is 0 Å². The number of nitrogens with one attached hydrogen (secondary N) is 2. The molecule has 150 valence electrons. The van der Waals surface area contributed by atoms with Gasteiger partial charge in [-0.2, -0.15) is 0 Å². The van der Waals surface area contributed by atoms with Crippen molar-refractivity contribution >= 4 is 34.5 Å². The van der Waals surface area contributed by atoms with Gasteiger partial charge in [0.25, 0.3) is 0 Å². The molecule has 2 N–H and O–H groups in total. The number of benzene rings is 2. The van der Waals surface area contributed by atoms with Gasteiger partial charge in [0.1, 0.15) is 16.5 Å². The summed E-state index contributed by atoms with van der Waals surface area (Å²) in [6.07, 6.45) is 0. The average Bonchev–Trinajstić information content (AvgIpc) is 2.71. The van der Waals surface area contributed by atoms with Crippen LogP contribution in [0.5, 0.6) is 0 Å². The summed E-state index contributed by atoms with van der Waals surface area (Å²) in [7, 11) is 0. The highest BCUT2D eigenvalue weighted by Crippen LogP contribution is 2.31. The van der Waals surface area contributed by atoms with Gasteiger partial charge in [-0.25, -0.2) is 9.18 Å². The Kier molecular flexibility index (Phi) is 6.77. The standard InChI is InChI=1S/C21H21FN4O2S/c1-13(2)11-23-21(28)24-18(27)12-29-20-17-6-4-3-5-16(17)19(25-26-20)14-7-9-15(22)10-8-14/h3-10,13H,11-12H2,1-2H3,(H2,23,24,27,28). The fourth-order valence-electron chi connectivity index (χ4n) is 2.64. The van der Waals surface area contributed by atoms with Gasteiger partial charge >= 0.3 is 6.03 Å². The molecule has 0 atom stereocenters. The van der Waals surface area contributed by atoms with Crippen LogP contribution >= 0.6 is 11.8 Å². The summed E-state index contributed by atoms with van der Waals surface area (Å²) < 4.78 is 13.2. The first-order chi connectivity index (χ1) is 13.9. The Bertz CT molecular complexity index is 1020. The van der Waals surface area contributed by atoms with Crippen molar-refractivity contribution in [3.8, 4) is 11.3 Å². The van der Waals surface area contributed by atoms with Crippen molar-refractivity contribution in [3.63, 3.8) is 0 Å². The zero-order valence-corrected chi connectivity index (χ0v) is 16.9. The highest BCUT2D eigenvalue weighted by atomic mass is 32.2. The molecule has 0 aliphatic rings. The molecule has 0 aliphatic carbocycles. The molecule has 0 bridgehead atoms. The van der Waals surface area contributed by atoms with Crippen molar-refractivity contribution in [2.45, 2.75) is 18.9 Å². The van der Waals surface area contributed by atoms with E-state index in [0.29, 0.717) is 23.2 Å². The van der Waals surface area contributed by atoms with E-state index in [1.807, 2.05) is 38.1 Å². The van der Waals surface area contributed by atoms with E-state index in [9.17, 15) is 14.0 Å². The first-order valence-electron chi connectivity index (χ1n) is 9.16. The predicted octanol–water partition coefficient (Wildman–Crippen LogP) is 4.01. The maximum atomic E-state index is 13.2. The number of halogens is 1. The number of urea groups is 1. The van der Waals surface area contributed by atoms with E-state index in [1.54, 1.807) is 12.1 Å². The average molecular weight is 412 g/mol. The van der Waals surface area contributed by atoms with Crippen LogP contribution in [-0.4, -0.2) is 34.4 Å². The van der Waals surface area contributed by atoms with Gasteiger partial charge in [-0.15, -0.1) is 10.2 Å². The number of hydrogen-bond donors (Lipinski definition) is 2. The molecule has 8 heteroatoms. The predicted molar refractivity (Wildman–Crippen MR) is 112 cm³/mol. The number of hydrogen-bond acceptors (Lipinski definition) is 5. The molecule has 6 nitrogen and oxygen atoms in total. The topological polar surface area (TPSA) is 84.0 Å². The highest BCUT2D eigenvalue weighted by molar-refractivity contribution is 8.00. The minimum atomic E-state index is -0.508. The lowest BCUT2D eigenvalue weighted by Crippen LogP contribution is -2.41. The van der Waals surface area contributed by atoms with Crippen molar-refractivity contribution in [2.24, 2.45) is 5.92 Å². The van der Waals surface area contributed by atoms with Crippen LogP contribution in [0.25, 0.3) is 22.0 Å². The first-order valence-corrected chi connectivity index (χ1v) is 10.1.